The fraction of sp³-hybridized carbons (Fsp3) is 0.0566. The average molecular weight is 673 g/mol. The zero-order valence-electron chi connectivity index (χ0n) is 29.8. The zero-order chi connectivity index (χ0) is 35.3. The highest BCUT2D eigenvalue weighted by molar-refractivity contribution is 6.18. The molecule has 0 radical (unpaired) electrons. The van der Waals surface area contributed by atoms with Gasteiger partial charge in [0.1, 0.15) is 0 Å². The van der Waals surface area contributed by atoms with Gasteiger partial charge < -0.3 is 0 Å². The highest BCUT2D eigenvalue weighted by atomic mass is 14.4. The molecule has 0 bridgehead atoms. The fourth-order valence-corrected chi connectivity index (χ4v) is 9.45. The summed E-state index contributed by atoms with van der Waals surface area (Å²) in [6.45, 7) is 4.80. The Kier molecular flexibility index (Phi) is 6.40. The molecular formula is C53H36. The van der Waals surface area contributed by atoms with Gasteiger partial charge in [0.2, 0.25) is 0 Å². The summed E-state index contributed by atoms with van der Waals surface area (Å²) in [4.78, 5) is 0. The van der Waals surface area contributed by atoms with Gasteiger partial charge in [-0.1, -0.05) is 172 Å². The van der Waals surface area contributed by atoms with Crippen LogP contribution in [-0.4, -0.2) is 0 Å². The van der Waals surface area contributed by atoms with Crippen LogP contribution in [0.25, 0.3) is 98.4 Å². The second-order valence-electron chi connectivity index (χ2n) is 15.2. The van der Waals surface area contributed by atoms with E-state index in [1.54, 1.807) is 0 Å². The Morgan fingerprint density at radius 1 is 0.283 bits per heavy atom. The minimum absolute atomic E-state index is 0.161. The maximum Gasteiger partial charge on any atom is 0.0159 e. The molecule has 0 atom stereocenters. The van der Waals surface area contributed by atoms with Crippen molar-refractivity contribution in [3.05, 3.63) is 193 Å². The van der Waals surface area contributed by atoms with Crippen molar-refractivity contribution in [3.63, 3.8) is 0 Å². The Labute approximate surface area is 309 Å². The van der Waals surface area contributed by atoms with Gasteiger partial charge >= 0.3 is 0 Å². The molecular weight excluding hydrogens is 637 g/mol. The van der Waals surface area contributed by atoms with E-state index >= 15 is 0 Å². The van der Waals surface area contributed by atoms with Gasteiger partial charge in [0.25, 0.3) is 0 Å². The third-order valence-corrected chi connectivity index (χ3v) is 12.0. The molecule has 0 aromatic heterocycles. The normalized spacial score (nSPS) is 13.2. The van der Waals surface area contributed by atoms with Crippen LogP contribution >= 0.6 is 0 Å². The van der Waals surface area contributed by atoms with Gasteiger partial charge in [-0.2, -0.15) is 0 Å². The smallest absolute Gasteiger partial charge is 0.0159 e. The molecule has 0 saturated carbocycles. The van der Waals surface area contributed by atoms with Crippen LogP contribution < -0.4 is 0 Å². The van der Waals surface area contributed by atoms with Crippen LogP contribution in [0.15, 0.2) is 182 Å². The molecule has 0 heteroatoms. The van der Waals surface area contributed by atoms with Crippen molar-refractivity contribution in [3.8, 4) is 44.5 Å². The predicted octanol–water partition coefficient (Wildman–Crippen LogP) is 14.8. The van der Waals surface area contributed by atoms with Gasteiger partial charge in [0, 0.05) is 5.41 Å². The lowest BCUT2D eigenvalue weighted by molar-refractivity contribution is 0.661. The summed E-state index contributed by atoms with van der Waals surface area (Å²) in [5.74, 6) is 0. The van der Waals surface area contributed by atoms with Gasteiger partial charge in [0.05, 0.1) is 0 Å². The largest absolute Gasteiger partial charge is 0.0616 e. The summed E-state index contributed by atoms with van der Waals surface area (Å²) in [6.07, 6.45) is 0. The van der Waals surface area contributed by atoms with E-state index in [1.807, 2.05) is 0 Å². The Hall–Kier alpha value is -6.50. The number of benzene rings is 10. The van der Waals surface area contributed by atoms with Crippen LogP contribution in [0.2, 0.25) is 0 Å². The summed E-state index contributed by atoms with van der Waals surface area (Å²) in [7, 11) is 0. The lowest BCUT2D eigenvalue weighted by Crippen LogP contribution is -2.15. The van der Waals surface area contributed by atoms with Gasteiger partial charge in [-0.05, 0) is 134 Å². The molecule has 10 aromatic carbocycles. The quantitative estimate of drug-likeness (QED) is 0.164. The molecule has 1 aliphatic rings. The molecule has 0 aliphatic heterocycles. The molecule has 1 aliphatic carbocycles. The average Bonchev–Trinajstić information content (AvgIpc) is 3.44. The lowest BCUT2D eigenvalue weighted by Gasteiger charge is -2.23. The lowest BCUT2D eigenvalue weighted by atomic mass is 9.80. The van der Waals surface area contributed by atoms with Crippen LogP contribution in [0.4, 0.5) is 0 Å². The van der Waals surface area contributed by atoms with Crippen molar-refractivity contribution in [2.24, 2.45) is 0 Å². The van der Waals surface area contributed by atoms with Crippen molar-refractivity contribution in [2.75, 3.05) is 0 Å². The minimum Gasteiger partial charge on any atom is -0.0616 e. The molecule has 0 nitrogen and oxygen atoms in total. The molecule has 0 spiro atoms. The summed E-state index contributed by atoms with van der Waals surface area (Å²) in [5.41, 5.74) is 12.9. The van der Waals surface area contributed by atoms with E-state index in [2.05, 4.69) is 196 Å². The first-order valence-electron chi connectivity index (χ1n) is 18.7. The van der Waals surface area contributed by atoms with Crippen LogP contribution in [0.1, 0.15) is 25.0 Å². The van der Waals surface area contributed by atoms with E-state index in [-0.39, 0.29) is 5.41 Å². The van der Waals surface area contributed by atoms with Crippen LogP contribution in [0, 0.1) is 0 Å². The molecule has 11 rings (SSSR count). The Bertz CT molecular complexity index is 3130. The third-order valence-electron chi connectivity index (χ3n) is 12.0. The van der Waals surface area contributed by atoms with Crippen molar-refractivity contribution >= 4 is 53.9 Å². The minimum atomic E-state index is -0.161. The van der Waals surface area contributed by atoms with Crippen LogP contribution in [-0.2, 0) is 5.41 Å². The van der Waals surface area contributed by atoms with E-state index in [0.29, 0.717) is 0 Å². The molecule has 0 unspecified atom stereocenters. The summed E-state index contributed by atoms with van der Waals surface area (Å²) in [5, 5.41) is 12.9. The molecule has 0 heterocycles. The van der Waals surface area contributed by atoms with E-state index < -0.39 is 0 Å². The van der Waals surface area contributed by atoms with Gasteiger partial charge in [-0.25, -0.2) is 0 Å². The molecule has 0 saturated heterocycles. The number of hydrogen-bond acceptors (Lipinski definition) is 0. The first-order valence-corrected chi connectivity index (χ1v) is 18.7. The Balaban J connectivity index is 1.08. The molecule has 0 N–H and O–H groups in total. The highest BCUT2D eigenvalue weighted by Gasteiger charge is 2.36. The number of fused-ring (bicyclic) bond motifs is 10. The number of hydrogen-bond donors (Lipinski definition) is 0. The van der Waals surface area contributed by atoms with E-state index in [4.69, 9.17) is 0 Å². The van der Waals surface area contributed by atoms with Crippen LogP contribution in [0.3, 0.4) is 0 Å². The highest BCUT2D eigenvalue weighted by Crippen LogP contribution is 2.52. The first kappa shape index (κ1) is 30.2. The predicted molar refractivity (Wildman–Crippen MR) is 228 cm³/mol. The first-order chi connectivity index (χ1) is 26.0. The second kappa shape index (κ2) is 11.2. The second-order valence-corrected chi connectivity index (χ2v) is 15.2. The van der Waals surface area contributed by atoms with E-state index in [1.165, 1.54) is 109 Å². The van der Waals surface area contributed by atoms with E-state index in [9.17, 15) is 0 Å². The molecule has 0 fully saturated rings. The summed E-state index contributed by atoms with van der Waals surface area (Å²) < 4.78 is 0. The topological polar surface area (TPSA) is 0 Å². The fourth-order valence-electron chi connectivity index (χ4n) is 9.45. The number of rotatable bonds is 3. The standard InChI is InChI=1S/C53H36/c1-53(2)50-31-36(25-27-45(50)46-28-26-37(32-51(46)53)48-29-34-13-3-5-17-38(34)41-19-7-9-21-43(41)48)40-23-11-15-33-16-12-24-47(52(33)40)49-30-35-14-4-6-18-39(35)42-20-8-10-22-44(42)49/h3-32H,1-2H3. The third kappa shape index (κ3) is 4.42. The van der Waals surface area contributed by atoms with Crippen molar-refractivity contribution in [1.82, 2.24) is 0 Å². The van der Waals surface area contributed by atoms with Crippen molar-refractivity contribution in [1.29, 1.82) is 0 Å². The van der Waals surface area contributed by atoms with Gasteiger partial charge in [0.15, 0.2) is 0 Å². The molecule has 0 amide bonds. The zero-order valence-corrected chi connectivity index (χ0v) is 29.8. The van der Waals surface area contributed by atoms with Gasteiger partial charge in [-0.15, -0.1) is 0 Å². The Morgan fingerprint density at radius 2 is 0.717 bits per heavy atom. The van der Waals surface area contributed by atoms with Crippen molar-refractivity contribution in [2.45, 2.75) is 19.3 Å². The molecule has 10 aromatic rings. The molecule has 248 valence electrons. The van der Waals surface area contributed by atoms with Crippen molar-refractivity contribution < 1.29 is 0 Å². The maximum atomic E-state index is 2.48. The van der Waals surface area contributed by atoms with Crippen LogP contribution in [0.5, 0.6) is 0 Å². The SMILES string of the molecule is CC1(C)c2cc(-c3cc4ccccc4c4ccccc34)ccc2-c2ccc(-c3cccc4cccc(-c5cc6ccccc6c6ccccc56)c34)cc21. The van der Waals surface area contributed by atoms with Gasteiger partial charge in [-0.3, -0.25) is 0 Å². The molecule has 53 heavy (non-hydrogen) atoms. The monoisotopic (exact) mass is 672 g/mol. The summed E-state index contributed by atoms with van der Waals surface area (Å²) in [6, 6.07) is 68.0. The maximum absolute atomic E-state index is 2.48. The van der Waals surface area contributed by atoms with E-state index in [0.717, 1.165) is 0 Å². The Morgan fingerprint density at radius 3 is 1.30 bits per heavy atom. The summed E-state index contributed by atoms with van der Waals surface area (Å²) >= 11 is 0.